The Morgan fingerprint density at radius 1 is 0.893 bits per heavy atom. The molecular formula is C25H25NO2. The highest BCUT2D eigenvalue weighted by Gasteiger charge is 2.49. The maximum Gasteiger partial charge on any atom is 0.410 e. The van der Waals surface area contributed by atoms with E-state index in [9.17, 15) is 4.79 Å². The number of carbonyl (C=O) groups is 1. The van der Waals surface area contributed by atoms with Crippen molar-refractivity contribution >= 4 is 6.09 Å². The predicted molar refractivity (Wildman–Crippen MR) is 111 cm³/mol. The van der Waals surface area contributed by atoms with Gasteiger partial charge < -0.3 is 9.64 Å². The lowest BCUT2D eigenvalue weighted by Crippen LogP contribution is -2.44. The van der Waals surface area contributed by atoms with Crippen LogP contribution in [0.3, 0.4) is 0 Å². The number of ether oxygens (including phenoxy) is 1. The normalized spacial score (nSPS) is 18.0. The molecule has 0 aromatic heterocycles. The van der Waals surface area contributed by atoms with Crippen molar-refractivity contribution in [1.29, 1.82) is 0 Å². The number of carbonyl (C=O) groups excluding carboxylic acids is 1. The van der Waals surface area contributed by atoms with Crippen molar-refractivity contribution in [2.24, 2.45) is 0 Å². The van der Waals surface area contributed by atoms with Gasteiger partial charge in [-0.1, -0.05) is 91.0 Å². The molecule has 1 atom stereocenters. The molecule has 1 saturated heterocycles. The van der Waals surface area contributed by atoms with Crippen LogP contribution in [0.5, 0.6) is 0 Å². The Kier molecular flexibility index (Phi) is 5.16. The van der Waals surface area contributed by atoms with E-state index in [1.165, 1.54) is 11.1 Å². The first-order valence-electron chi connectivity index (χ1n) is 9.80. The summed E-state index contributed by atoms with van der Waals surface area (Å²) < 4.78 is 5.63. The zero-order valence-corrected chi connectivity index (χ0v) is 16.1. The van der Waals surface area contributed by atoms with E-state index in [-0.39, 0.29) is 17.6 Å². The smallest absolute Gasteiger partial charge is 0.410 e. The first-order valence-corrected chi connectivity index (χ1v) is 9.80. The van der Waals surface area contributed by atoms with Crippen molar-refractivity contribution in [2.75, 3.05) is 6.54 Å². The molecule has 3 aromatic rings. The number of hydrogen-bond donors (Lipinski definition) is 0. The van der Waals surface area contributed by atoms with E-state index in [4.69, 9.17) is 4.74 Å². The summed E-state index contributed by atoms with van der Waals surface area (Å²) >= 11 is 0. The fourth-order valence-electron chi connectivity index (χ4n) is 4.43. The fraction of sp³-hybridized carbons (Fsp3) is 0.240. The van der Waals surface area contributed by atoms with E-state index in [1.54, 1.807) is 0 Å². The summed E-state index contributed by atoms with van der Waals surface area (Å²) in [7, 11) is 0. The van der Waals surface area contributed by atoms with Gasteiger partial charge in [-0.2, -0.15) is 0 Å². The molecular weight excluding hydrogens is 346 g/mol. The lowest BCUT2D eigenvalue weighted by atomic mass is 9.69. The first kappa shape index (κ1) is 18.3. The van der Waals surface area contributed by atoms with E-state index in [0.29, 0.717) is 13.2 Å². The Morgan fingerprint density at radius 3 is 1.93 bits per heavy atom. The zero-order chi connectivity index (χ0) is 19.4. The summed E-state index contributed by atoms with van der Waals surface area (Å²) in [5.74, 6) is 0. The Balaban J connectivity index is 1.60. The van der Waals surface area contributed by atoms with Crippen LogP contribution in [0.25, 0.3) is 0 Å². The molecule has 0 saturated carbocycles. The minimum atomic E-state index is -0.245. The Morgan fingerprint density at radius 2 is 1.39 bits per heavy atom. The number of nitrogens with zero attached hydrogens (tertiary/aromatic N) is 1. The number of amides is 1. The van der Waals surface area contributed by atoms with Gasteiger partial charge in [-0.15, -0.1) is 0 Å². The van der Waals surface area contributed by atoms with Gasteiger partial charge in [0.15, 0.2) is 0 Å². The van der Waals surface area contributed by atoms with Crippen LogP contribution in [-0.2, 0) is 16.8 Å². The Labute approximate surface area is 166 Å². The Bertz CT molecular complexity index is 870. The van der Waals surface area contributed by atoms with Crippen molar-refractivity contribution in [3.8, 4) is 0 Å². The monoisotopic (exact) mass is 371 g/mol. The molecule has 1 aliphatic heterocycles. The fourth-order valence-corrected chi connectivity index (χ4v) is 4.43. The third-order valence-corrected chi connectivity index (χ3v) is 5.95. The molecule has 0 radical (unpaired) electrons. The van der Waals surface area contributed by atoms with Gasteiger partial charge in [0.1, 0.15) is 6.61 Å². The molecule has 28 heavy (non-hydrogen) atoms. The van der Waals surface area contributed by atoms with Crippen LogP contribution in [0.4, 0.5) is 4.79 Å². The van der Waals surface area contributed by atoms with Crippen molar-refractivity contribution in [3.63, 3.8) is 0 Å². The van der Waals surface area contributed by atoms with E-state index < -0.39 is 0 Å². The van der Waals surface area contributed by atoms with Crippen molar-refractivity contribution in [1.82, 2.24) is 4.90 Å². The van der Waals surface area contributed by atoms with Gasteiger partial charge in [0.2, 0.25) is 0 Å². The molecule has 0 aliphatic carbocycles. The largest absolute Gasteiger partial charge is 0.445 e. The molecule has 0 spiro atoms. The standard InChI is InChI=1S/C25H25NO2/c1-20-25(22-13-7-3-8-14-22,23-15-9-4-10-16-23)17-18-26(20)24(27)28-19-21-11-5-2-6-12-21/h2-16,20H,17-19H2,1H3. The van der Waals surface area contributed by atoms with Crippen molar-refractivity contribution in [3.05, 3.63) is 108 Å². The minimum absolute atomic E-state index is 0.000531. The molecule has 1 heterocycles. The first-order chi connectivity index (χ1) is 13.7. The van der Waals surface area contributed by atoms with Crippen LogP contribution in [0.2, 0.25) is 0 Å². The zero-order valence-electron chi connectivity index (χ0n) is 16.1. The van der Waals surface area contributed by atoms with Gasteiger partial charge in [-0.3, -0.25) is 0 Å². The molecule has 4 rings (SSSR count). The highest BCUT2D eigenvalue weighted by Crippen LogP contribution is 2.45. The van der Waals surface area contributed by atoms with E-state index >= 15 is 0 Å². The van der Waals surface area contributed by atoms with Gasteiger partial charge in [0.25, 0.3) is 0 Å². The van der Waals surface area contributed by atoms with E-state index in [2.05, 4.69) is 55.5 Å². The second kappa shape index (κ2) is 7.89. The van der Waals surface area contributed by atoms with E-state index in [0.717, 1.165) is 12.0 Å². The highest BCUT2D eigenvalue weighted by atomic mass is 16.6. The second-order valence-corrected chi connectivity index (χ2v) is 7.36. The van der Waals surface area contributed by atoms with Crippen LogP contribution >= 0.6 is 0 Å². The Hall–Kier alpha value is -3.07. The molecule has 1 aliphatic rings. The third kappa shape index (κ3) is 3.29. The van der Waals surface area contributed by atoms with E-state index in [1.807, 2.05) is 47.4 Å². The average molecular weight is 371 g/mol. The van der Waals surface area contributed by atoms with Gasteiger partial charge in [-0.25, -0.2) is 4.79 Å². The summed E-state index contributed by atoms with van der Waals surface area (Å²) in [6, 6.07) is 30.9. The second-order valence-electron chi connectivity index (χ2n) is 7.36. The van der Waals surface area contributed by atoms with Gasteiger partial charge in [-0.05, 0) is 30.0 Å². The summed E-state index contributed by atoms with van der Waals surface area (Å²) in [6.07, 6.45) is 0.632. The number of benzene rings is 3. The van der Waals surface area contributed by atoms with Crippen LogP contribution in [0.1, 0.15) is 30.0 Å². The molecule has 0 N–H and O–H groups in total. The maximum atomic E-state index is 12.9. The molecule has 0 bridgehead atoms. The van der Waals surface area contributed by atoms with Crippen LogP contribution < -0.4 is 0 Å². The summed E-state index contributed by atoms with van der Waals surface area (Å²) in [5.41, 5.74) is 3.26. The molecule has 3 nitrogen and oxygen atoms in total. The number of hydrogen-bond acceptors (Lipinski definition) is 2. The quantitative estimate of drug-likeness (QED) is 0.614. The molecule has 142 valence electrons. The summed E-state index contributed by atoms with van der Waals surface area (Å²) in [5, 5.41) is 0. The maximum absolute atomic E-state index is 12.9. The van der Waals surface area contributed by atoms with Gasteiger partial charge in [0.05, 0.1) is 0 Å². The lowest BCUT2D eigenvalue weighted by molar-refractivity contribution is 0.0907. The third-order valence-electron chi connectivity index (χ3n) is 5.95. The van der Waals surface area contributed by atoms with Crippen LogP contribution in [0, 0.1) is 0 Å². The summed E-state index contributed by atoms with van der Waals surface area (Å²) in [6.45, 7) is 3.11. The predicted octanol–water partition coefficient (Wildman–Crippen LogP) is 5.40. The molecule has 1 fully saturated rings. The molecule has 3 heteroatoms. The SMILES string of the molecule is CC1N(C(=O)OCc2ccccc2)CCC1(c1ccccc1)c1ccccc1. The molecule has 1 amide bonds. The number of rotatable bonds is 4. The average Bonchev–Trinajstić information content (AvgIpc) is 3.12. The minimum Gasteiger partial charge on any atom is -0.445 e. The topological polar surface area (TPSA) is 29.5 Å². The van der Waals surface area contributed by atoms with Crippen molar-refractivity contribution < 1.29 is 9.53 Å². The van der Waals surface area contributed by atoms with Gasteiger partial charge >= 0.3 is 6.09 Å². The highest BCUT2D eigenvalue weighted by molar-refractivity contribution is 5.69. The van der Waals surface area contributed by atoms with Crippen LogP contribution in [0.15, 0.2) is 91.0 Å². The summed E-state index contributed by atoms with van der Waals surface area (Å²) in [4.78, 5) is 14.8. The molecule has 3 aromatic carbocycles. The molecule has 1 unspecified atom stereocenters. The van der Waals surface area contributed by atoms with Crippen LogP contribution in [-0.4, -0.2) is 23.6 Å². The number of likely N-dealkylation sites (tertiary alicyclic amines) is 1. The van der Waals surface area contributed by atoms with Gasteiger partial charge in [0, 0.05) is 18.0 Å². The lowest BCUT2D eigenvalue weighted by Gasteiger charge is -2.37. The van der Waals surface area contributed by atoms with Crippen molar-refractivity contribution in [2.45, 2.75) is 31.4 Å².